The molecule has 40 heavy (non-hydrogen) atoms. The van der Waals surface area contributed by atoms with Crippen molar-refractivity contribution in [2.75, 3.05) is 34.6 Å². The number of benzene rings is 4. The molecule has 4 rings (SSSR count). The van der Waals surface area contributed by atoms with E-state index >= 15 is 0 Å². The van der Waals surface area contributed by atoms with Crippen molar-refractivity contribution in [1.29, 1.82) is 5.26 Å². The standard InChI is InChI=1S/C33H31NO5P/c1-36-27-9-15-30(16-10-27)40(31-17-11-28(37-2)12-18-31,32-19-13-29(38-3)14-20-32)23-26(33(35)39-4)21-24-5-7-25(22-34)8-6-24/h5-21H,23H2,1-4H3/q+1/b26-21+. The number of hydrogen-bond acceptors (Lipinski definition) is 6. The Morgan fingerprint density at radius 1 is 0.675 bits per heavy atom. The summed E-state index contributed by atoms with van der Waals surface area (Å²) in [5.74, 6) is 1.82. The molecule has 0 unspecified atom stereocenters. The number of esters is 1. The number of nitrogens with zero attached hydrogens (tertiary/aromatic N) is 1. The molecule has 6 nitrogen and oxygen atoms in total. The van der Waals surface area contributed by atoms with Crippen LogP contribution in [0, 0.1) is 11.3 Å². The normalized spacial score (nSPS) is 11.3. The minimum absolute atomic E-state index is 0.394. The molecular weight excluding hydrogens is 521 g/mol. The van der Waals surface area contributed by atoms with Gasteiger partial charge in [-0.1, -0.05) is 12.1 Å². The van der Waals surface area contributed by atoms with Gasteiger partial charge in [0.2, 0.25) is 0 Å². The largest absolute Gasteiger partial charge is 0.497 e. The van der Waals surface area contributed by atoms with Crippen LogP contribution in [0.1, 0.15) is 11.1 Å². The van der Waals surface area contributed by atoms with E-state index in [0.717, 1.165) is 38.7 Å². The minimum atomic E-state index is -2.51. The fraction of sp³-hybridized carbons (Fsp3) is 0.152. The maximum Gasteiger partial charge on any atom is 0.337 e. The van der Waals surface area contributed by atoms with Gasteiger partial charge in [0.05, 0.1) is 45.6 Å². The summed E-state index contributed by atoms with van der Waals surface area (Å²) in [5, 5.41) is 12.4. The van der Waals surface area contributed by atoms with Crippen molar-refractivity contribution in [3.05, 3.63) is 114 Å². The Morgan fingerprint density at radius 3 is 1.40 bits per heavy atom. The smallest absolute Gasteiger partial charge is 0.337 e. The van der Waals surface area contributed by atoms with Crippen molar-refractivity contribution >= 4 is 35.2 Å². The number of rotatable bonds is 10. The average molecular weight is 553 g/mol. The highest BCUT2D eigenvalue weighted by Gasteiger charge is 2.47. The van der Waals surface area contributed by atoms with Crippen LogP contribution in [-0.4, -0.2) is 40.6 Å². The summed E-state index contributed by atoms with van der Waals surface area (Å²) in [6.07, 6.45) is 2.24. The molecule has 202 valence electrons. The first-order valence-electron chi connectivity index (χ1n) is 12.6. The van der Waals surface area contributed by atoms with E-state index in [4.69, 9.17) is 18.9 Å². The maximum absolute atomic E-state index is 13.3. The fourth-order valence-electron chi connectivity index (χ4n) is 4.64. The van der Waals surface area contributed by atoms with Crippen molar-refractivity contribution in [2.45, 2.75) is 0 Å². The molecular formula is C33H31NO5P+. The van der Waals surface area contributed by atoms with Crippen LogP contribution in [-0.2, 0) is 9.53 Å². The molecule has 0 N–H and O–H groups in total. The van der Waals surface area contributed by atoms with E-state index in [1.54, 1.807) is 33.5 Å². The molecule has 0 heterocycles. The summed E-state index contributed by atoms with van der Waals surface area (Å²) in [4.78, 5) is 13.3. The Hall–Kier alpha value is -4.59. The van der Waals surface area contributed by atoms with Crippen molar-refractivity contribution < 1.29 is 23.7 Å². The summed E-state index contributed by atoms with van der Waals surface area (Å²) >= 11 is 0. The highest BCUT2D eigenvalue weighted by molar-refractivity contribution is 7.95. The Bertz CT molecular complexity index is 1390. The third-order valence-corrected chi connectivity index (χ3v) is 11.1. The van der Waals surface area contributed by atoms with Crippen LogP contribution in [0.5, 0.6) is 17.2 Å². The first-order valence-corrected chi connectivity index (χ1v) is 14.6. The molecule has 0 saturated heterocycles. The molecule has 0 aliphatic carbocycles. The summed E-state index contributed by atoms with van der Waals surface area (Å²) in [5.41, 5.74) is 1.87. The summed E-state index contributed by atoms with van der Waals surface area (Å²) in [6, 6.07) is 33.3. The molecule has 0 bridgehead atoms. The van der Waals surface area contributed by atoms with E-state index in [1.165, 1.54) is 7.11 Å². The van der Waals surface area contributed by atoms with Crippen LogP contribution in [0.2, 0.25) is 0 Å². The molecule has 4 aromatic rings. The van der Waals surface area contributed by atoms with E-state index in [-0.39, 0.29) is 0 Å². The Kier molecular flexibility index (Phi) is 9.22. The van der Waals surface area contributed by atoms with Crippen molar-refractivity contribution in [1.82, 2.24) is 0 Å². The van der Waals surface area contributed by atoms with Crippen LogP contribution in [0.15, 0.2) is 103 Å². The average Bonchev–Trinajstić information content (AvgIpc) is 3.03. The highest BCUT2D eigenvalue weighted by atomic mass is 31.2. The van der Waals surface area contributed by atoms with Crippen molar-refractivity contribution in [2.24, 2.45) is 0 Å². The molecule has 0 amide bonds. The zero-order chi connectivity index (χ0) is 28.5. The van der Waals surface area contributed by atoms with Gasteiger partial charge in [-0.25, -0.2) is 4.79 Å². The molecule has 0 radical (unpaired) electrons. The first kappa shape index (κ1) is 28.4. The monoisotopic (exact) mass is 552 g/mol. The molecule has 0 spiro atoms. The Labute approximate surface area is 235 Å². The lowest BCUT2D eigenvalue weighted by Crippen LogP contribution is -2.35. The topological polar surface area (TPSA) is 77.8 Å². The van der Waals surface area contributed by atoms with E-state index < -0.39 is 13.2 Å². The van der Waals surface area contributed by atoms with E-state index in [1.807, 2.05) is 54.6 Å². The predicted octanol–water partition coefficient (Wildman–Crippen LogP) is 5.13. The zero-order valence-electron chi connectivity index (χ0n) is 23.0. The lowest BCUT2D eigenvalue weighted by atomic mass is 10.1. The van der Waals surface area contributed by atoms with Crippen LogP contribution in [0.25, 0.3) is 6.08 Å². The molecule has 0 saturated carbocycles. The van der Waals surface area contributed by atoms with Crippen molar-refractivity contribution in [3.63, 3.8) is 0 Å². The predicted molar refractivity (Wildman–Crippen MR) is 161 cm³/mol. The van der Waals surface area contributed by atoms with Gasteiger partial charge in [-0.3, -0.25) is 0 Å². The second-order valence-electron chi connectivity index (χ2n) is 8.96. The Balaban J connectivity index is 2.00. The lowest BCUT2D eigenvalue weighted by Gasteiger charge is -2.28. The van der Waals surface area contributed by atoms with Gasteiger partial charge in [0, 0.05) is 0 Å². The van der Waals surface area contributed by atoms with Gasteiger partial charge in [-0.15, -0.1) is 0 Å². The molecule has 7 heteroatoms. The molecule has 0 aliphatic heterocycles. The van der Waals surface area contributed by atoms with Crippen LogP contribution in [0.4, 0.5) is 0 Å². The second kappa shape index (κ2) is 13.0. The van der Waals surface area contributed by atoms with Gasteiger partial charge in [-0.2, -0.15) is 5.26 Å². The van der Waals surface area contributed by atoms with Crippen LogP contribution < -0.4 is 30.1 Å². The number of carbonyl (C=O) groups is 1. The van der Waals surface area contributed by atoms with E-state index in [9.17, 15) is 10.1 Å². The lowest BCUT2D eigenvalue weighted by molar-refractivity contribution is -0.135. The van der Waals surface area contributed by atoms with Gasteiger partial charge < -0.3 is 18.9 Å². The summed E-state index contributed by atoms with van der Waals surface area (Å²) in [7, 11) is 3.80. The SMILES string of the molecule is COC(=O)/C(=C/c1ccc(C#N)cc1)C[P+](c1ccc(OC)cc1)(c1ccc(OC)cc1)c1ccc(OC)cc1. The van der Waals surface area contributed by atoms with E-state index in [0.29, 0.717) is 17.3 Å². The molecule has 0 fully saturated rings. The number of carbonyl (C=O) groups excluding carboxylic acids is 1. The quantitative estimate of drug-likeness (QED) is 0.154. The number of hydrogen-bond donors (Lipinski definition) is 0. The molecule has 0 aliphatic rings. The van der Waals surface area contributed by atoms with Crippen molar-refractivity contribution in [3.8, 4) is 23.3 Å². The highest BCUT2D eigenvalue weighted by Crippen LogP contribution is 2.57. The number of methoxy groups -OCH3 is 4. The maximum atomic E-state index is 13.3. The number of nitriles is 1. The first-order chi connectivity index (χ1) is 19.5. The zero-order valence-corrected chi connectivity index (χ0v) is 23.9. The van der Waals surface area contributed by atoms with Gasteiger partial charge in [0.1, 0.15) is 46.6 Å². The van der Waals surface area contributed by atoms with Gasteiger partial charge in [0.15, 0.2) is 0 Å². The second-order valence-corrected chi connectivity index (χ2v) is 12.4. The van der Waals surface area contributed by atoms with Gasteiger partial charge in [-0.05, 0) is 96.6 Å². The third kappa shape index (κ3) is 6.01. The van der Waals surface area contributed by atoms with Crippen LogP contribution >= 0.6 is 7.26 Å². The Morgan fingerprint density at radius 2 is 1.07 bits per heavy atom. The summed E-state index contributed by atoms with van der Waals surface area (Å²) in [6.45, 7) is 0. The minimum Gasteiger partial charge on any atom is -0.497 e. The van der Waals surface area contributed by atoms with Crippen LogP contribution in [0.3, 0.4) is 0 Å². The third-order valence-electron chi connectivity index (χ3n) is 6.78. The van der Waals surface area contributed by atoms with Gasteiger partial charge in [0.25, 0.3) is 0 Å². The van der Waals surface area contributed by atoms with E-state index in [2.05, 4.69) is 42.5 Å². The molecule has 0 atom stereocenters. The van der Waals surface area contributed by atoms with Gasteiger partial charge >= 0.3 is 5.97 Å². The fourth-order valence-corrected chi connectivity index (χ4v) is 8.79. The summed E-state index contributed by atoms with van der Waals surface area (Å²) < 4.78 is 21.7. The molecule has 4 aromatic carbocycles. The molecule has 0 aromatic heterocycles. The number of ether oxygens (including phenoxy) is 4.